The van der Waals surface area contributed by atoms with E-state index in [2.05, 4.69) is 0 Å². The lowest BCUT2D eigenvalue weighted by atomic mass is 10.2. The minimum atomic E-state index is -0.516. The summed E-state index contributed by atoms with van der Waals surface area (Å²) in [7, 11) is 0. The molecule has 0 aliphatic heterocycles. The zero-order valence-corrected chi connectivity index (χ0v) is 32.0. The Morgan fingerprint density at radius 3 is 1.09 bits per heavy atom. The summed E-state index contributed by atoms with van der Waals surface area (Å²) in [5.74, 6) is 1.09. The first-order valence-corrected chi connectivity index (χ1v) is 18.3. The van der Waals surface area contributed by atoms with E-state index >= 15 is 0 Å². The van der Waals surface area contributed by atoms with Crippen molar-refractivity contribution in [3.8, 4) is 11.5 Å². The van der Waals surface area contributed by atoms with E-state index in [0.717, 1.165) is 17.1 Å². The fourth-order valence-electron chi connectivity index (χ4n) is 4.12. The second-order valence-corrected chi connectivity index (χ2v) is 12.2. The van der Waals surface area contributed by atoms with Crippen molar-refractivity contribution in [2.75, 3.05) is 139 Å². The Labute approximate surface area is 315 Å². The lowest BCUT2D eigenvalue weighted by molar-refractivity contribution is -0.160. The highest BCUT2D eigenvalue weighted by atomic mass is 16.6. The molecule has 0 heterocycles. The molecule has 0 spiro atoms. The fraction of sp³-hybridized carbons (Fsp3) is 0.667. The fourth-order valence-corrected chi connectivity index (χ4v) is 4.12. The summed E-state index contributed by atoms with van der Waals surface area (Å²) >= 11 is 0. The smallest absolute Gasteiger partial charge is 0.332 e. The number of carbonyl (C=O) groups excluding carboxylic acids is 1. The van der Waals surface area contributed by atoms with Crippen molar-refractivity contribution in [2.24, 2.45) is 0 Å². The van der Waals surface area contributed by atoms with Gasteiger partial charge in [-0.05, 0) is 50.6 Å². The van der Waals surface area contributed by atoms with E-state index in [0.29, 0.717) is 139 Å². The van der Waals surface area contributed by atoms with Gasteiger partial charge in [-0.1, -0.05) is 30.3 Å². The molecule has 0 saturated heterocycles. The van der Waals surface area contributed by atoms with Gasteiger partial charge >= 0.3 is 5.97 Å². The van der Waals surface area contributed by atoms with Crippen LogP contribution in [0.1, 0.15) is 26.3 Å². The predicted octanol–water partition coefficient (Wildman–Crippen LogP) is 4.15. The van der Waals surface area contributed by atoms with Gasteiger partial charge in [0.25, 0.3) is 0 Å². The standard InChI is InChI=1S/C39H62O14/c1-39(2,3)53-38(40)34-50-28-26-46-20-18-42-14-16-44-22-24-48-30-32-52-37-11-9-36(10-12-37)51-31-29-47-23-21-43-15-13-41-17-19-45-25-27-49-33-35-7-5-4-6-8-35/h4-12H,13-34H2,1-3H3. The number of hydrogen-bond donors (Lipinski definition) is 0. The summed E-state index contributed by atoms with van der Waals surface area (Å²) in [5.41, 5.74) is 0.638. The highest BCUT2D eigenvalue weighted by molar-refractivity contribution is 5.71. The number of carbonyl (C=O) groups is 1. The van der Waals surface area contributed by atoms with Gasteiger partial charge in [0.05, 0.1) is 126 Å². The zero-order valence-electron chi connectivity index (χ0n) is 32.0. The quantitative estimate of drug-likeness (QED) is 0.0728. The van der Waals surface area contributed by atoms with Crippen LogP contribution >= 0.6 is 0 Å². The van der Waals surface area contributed by atoms with Crippen molar-refractivity contribution in [3.05, 3.63) is 60.2 Å². The molecule has 0 aliphatic carbocycles. The van der Waals surface area contributed by atoms with Crippen molar-refractivity contribution < 1.29 is 66.4 Å². The van der Waals surface area contributed by atoms with Crippen LogP contribution in [0.25, 0.3) is 0 Å². The molecule has 0 saturated carbocycles. The first kappa shape index (κ1) is 46.3. The summed E-state index contributed by atoms with van der Waals surface area (Å²) in [6.07, 6.45) is 0. The average Bonchev–Trinajstić information content (AvgIpc) is 3.14. The molecule has 53 heavy (non-hydrogen) atoms. The Kier molecular flexibility index (Phi) is 28.4. The molecule has 0 amide bonds. The van der Waals surface area contributed by atoms with E-state index < -0.39 is 5.60 Å². The Bertz CT molecular complexity index is 1100. The third-order valence-electron chi connectivity index (χ3n) is 6.54. The Morgan fingerprint density at radius 2 is 0.736 bits per heavy atom. The normalized spacial score (nSPS) is 11.5. The third-order valence-corrected chi connectivity index (χ3v) is 6.54. The molecule has 0 aromatic heterocycles. The zero-order chi connectivity index (χ0) is 37.9. The van der Waals surface area contributed by atoms with Crippen molar-refractivity contribution >= 4 is 5.97 Å². The molecule has 2 aromatic carbocycles. The van der Waals surface area contributed by atoms with Gasteiger partial charge in [-0.2, -0.15) is 0 Å². The van der Waals surface area contributed by atoms with Crippen LogP contribution in [0.15, 0.2) is 54.6 Å². The van der Waals surface area contributed by atoms with E-state index in [4.69, 9.17) is 61.6 Å². The van der Waals surface area contributed by atoms with Gasteiger partial charge in [0, 0.05) is 0 Å². The number of benzene rings is 2. The summed E-state index contributed by atoms with van der Waals surface area (Å²) < 4.78 is 71.4. The lowest BCUT2D eigenvalue weighted by Crippen LogP contribution is -2.27. The third kappa shape index (κ3) is 30.2. The molecule has 0 radical (unpaired) electrons. The van der Waals surface area contributed by atoms with Crippen LogP contribution in [0.3, 0.4) is 0 Å². The first-order chi connectivity index (χ1) is 25.9. The van der Waals surface area contributed by atoms with E-state index in [1.165, 1.54) is 0 Å². The molecule has 302 valence electrons. The van der Waals surface area contributed by atoms with Gasteiger partial charge < -0.3 is 61.6 Å². The average molecular weight is 755 g/mol. The van der Waals surface area contributed by atoms with E-state index in [9.17, 15) is 4.79 Å². The molecule has 2 rings (SSSR count). The minimum Gasteiger partial charge on any atom is -0.491 e. The number of esters is 1. The van der Waals surface area contributed by atoms with Crippen LogP contribution in [0.2, 0.25) is 0 Å². The molecule has 2 aromatic rings. The van der Waals surface area contributed by atoms with Gasteiger partial charge in [0.1, 0.15) is 36.9 Å². The molecule has 0 aliphatic rings. The molecule has 0 fully saturated rings. The van der Waals surface area contributed by atoms with Gasteiger partial charge in [-0.25, -0.2) is 4.79 Å². The maximum atomic E-state index is 11.5. The Balaban J connectivity index is 1.24. The van der Waals surface area contributed by atoms with Crippen LogP contribution in [0.5, 0.6) is 11.5 Å². The number of hydrogen-bond acceptors (Lipinski definition) is 14. The predicted molar refractivity (Wildman–Crippen MR) is 197 cm³/mol. The van der Waals surface area contributed by atoms with Crippen molar-refractivity contribution in [1.29, 1.82) is 0 Å². The van der Waals surface area contributed by atoms with E-state index in [1.54, 1.807) is 0 Å². The second-order valence-electron chi connectivity index (χ2n) is 12.2. The van der Waals surface area contributed by atoms with E-state index in [-0.39, 0.29) is 12.6 Å². The maximum Gasteiger partial charge on any atom is 0.332 e. The molecule has 0 bridgehead atoms. The number of rotatable bonds is 36. The summed E-state index contributed by atoms with van der Waals surface area (Å²) in [4.78, 5) is 11.5. The highest BCUT2D eigenvalue weighted by Gasteiger charge is 2.15. The van der Waals surface area contributed by atoms with Crippen molar-refractivity contribution in [3.63, 3.8) is 0 Å². The molecule has 14 nitrogen and oxygen atoms in total. The van der Waals surface area contributed by atoms with Crippen molar-refractivity contribution in [1.82, 2.24) is 0 Å². The first-order valence-electron chi connectivity index (χ1n) is 18.3. The SMILES string of the molecule is CC(C)(C)OC(=O)COCCOCCOCCOCCOCCOc1ccc(OCCOCCOCCOCCOCCOCc2ccccc2)cc1. The van der Waals surface area contributed by atoms with Crippen LogP contribution in [-0.2, 0) is 63.5 Å². The topological polar surface area (TPSA) is 137 Å². The summed E-state index contributed by atoms with van der Waals surface area (Å²) in [6, 6.07) is 17.5. The summed E-state index contributed by atoms with van der Waals surface area (Å²) in [6.45, 7) is 15.3. The van der Waals surface area contributed by atoms with Crippen LogP contribution < -0.4 is 9.47 Å². The molecule has 0 N–H and O–H groups in total. The molecule has 0 unspecified atom stereocenters. The van der Waals surface area contributed by atoms with Crippen molar-refractivity contribution in [2.45, 2.75) is 33.0 Å². The van der Waals surface area contributed by atoms with Gasteiger partial charge in [-0.15, -0.1) is 0 Å². The largest absolute Gasteiger partial charge is 0.491 e. The van der Waals surface area contributed by atoms with Crippen LogP contribution in [0.4, 0.5) is 0 Å². The summed E-state index contributed by atoms with van der Waals surface area (Å²) in [5, 5.41) is 0. The molecule has 0 atom stereocenters. The van der Waals surface area contributed by atoms with Gasteiger partial charge in [0.15, 0.2) is 0 Å². The van der Waals surface area contributed by atoms with E-state index in [1.807, 2.05) is 75.4 Å². The van der Waals surface area contributed by atoms with Crippen LogP contribution in [-0.4, -0.2) is 150 Å². The number of ether oxygens (including phenoxy) is 13. The van der Waals surface area contributed by atoms with Gasteiger partial charge in [0.2, 0.25) is 0 Å². The second kappa shape index (κ2) is 32.5. The Hall–Kier alpha value is -2.89. The molecular formula is C39H62O14. The van der Waals surface area contributed by atoms with Gasteiger partial charge in [-0.3, -0.25) is 0 Å². The minimum absolute atomic E-state index is 0.0872. The molecule has 14 heteroatoms. The molecular weight excluding hydrogens is 692 g/mol. The monoisotopic (exact) mass is 754 g/mol. The maximum absolute atomic E-state index is 11.5. The lowest BCUT2D eigenvalue weighted by Gasteiger charge is -2.19. The highest BCUT2D eigenvalue weighted by Crippen LogP contribution is 2.17. The Morgan fingerprint density at radius 1 is 0.415 bits per heavy atom. The van der Waals surface area contributed by atoms with Crippen LogP contribution in [0, 0.1) is 0 Å².